The molecule has 3 nitrogen and oxygen atoms in total. The summed E-state index contributed by atoms with van der Waals surface area (Å²) in [6.45, 7) is 1.07. The van der Waals surface area contributed by atoms with E-state index in [0.717, 1.165) is 19.4 Å². The van der Waals surface area contributed by atoms with E-state index in [9.17, 15) is 4.21 Å². The number of rotatable bonds is 3. The van der Waals surface area contributed by atoms with E-state index in [0.29, 0.717) is 11.8 Å². The van der Waals surface area contributed by atoms with E-state index >= 15 is 0 Å². The lowest BCUT2D eigenvalue weighted by molar-refractivity contribution is 0.542. The summed E-state index contributed by atoms with van der Waals surface area (Å²) in [7, 11) is 0. The monoisotopic (exact) mass is 163 g/mol. The molecule has 0 bridgehead atoms. The summed E-state index contributed by atoms with van der Waals surface area (Å²) in [5.41, 5.74) is 0. The molecule has 0 radical (unpaired) electrons. The quantitative estimate of drug-likeness (QED) is 0.590. The van der Waals surface area contributed by atoms with E-state index in [1.54, 1.807) is 0 Å². The molecule has 60 valence electrons. The fourth-order valence-electron chi connectivity index (χ4n) is 1.25. The van der Waals surface area contributed by atoms with Crippen molar-refractivity contribution in [2.75, 3.05) is 12.3 Å². The zero-order valence-electron chi connectivity index (χ0n) is 5.88. The second-order valence-corrected chi connectivity index (χ2v) is 3.66. The van der Waals surface area contributed by atoms with Crippen LogP contribution in [0.1, 0.15) is 19.3 Å². The van der Waals surface area contributed by atoms with Gasteiger partial charge in [-0.1, -0.05) is 0 Å². The van der Waals surface area contributed by atoms with Gasteiger partial charge in [-0.15, -0.1) is 0 Å². The Labute approximate surface area is 63.5 Å². The van der Waals surface area contributed by atoms with Crippen LogP contribution in [0, 0.1) is 0 Å². The van der Waals surface area contributed by atoms with Gasteiger partial charge in [0.2, 0.25) is 0 Å². The van der Waals surface area contributed by atoms with Gasteiger partial charge >= 0.3 is 0 Å². The first kappa shape index (κ1) is 8.17. The van der Waals surface area contributed by atoms with E-state index in [-0.39, 0.29) is 0 Å². The molecule has 2 N–H and O–H groups in total. The minimum atomic E-state index is -1.60. The maximum absolute atomic E-state index is 10.2. The van der Waals surface area contributed by atoms with Crippen molar-refractivity contribution in [3.63, 3.8) is 0 Å². The highest BCUT2D eigenvalue weighted by Gasteiger charge is 2.13. The zero-order chi connectivity index (χ0) is 7.40. The second-order valence-electron chi connectivity index (χ2n) is 2.61. The van der Waals surface area contributed by atoms with Gasteiger partial charge in [-0.25, -0.2) is 4.21 Å². The van der Waals surface area contributed by atoms with Crippen molar-refractivity contribution in [3.05, 3.63) is 0 Å². The van der Waals surface area contributed by atoms with Crippen molar-refractivity contribution in [1.29, 1.82) is 0 Å². The molecule has 0 aromatic heterocycles. The van der Waals surface area contributed by atoms with Crippen LogP contribution < -0.4 is 5.32 Å². The standard InChI is InChI=1S/C6H13NO2S/c8-10(9)5-3-6-2-1-4-7-6/h6-7H,1-5H2,(H,8,9). The van der Waals surface area contributed by atoms with Gasteiger partial charge in [-0.2, -0.15) is 0 Å². The molecule has 2 unspecified atom stereocenters. The summed E-state index contributed by atoms with van der Waals surface area (Å²) in [5, 5.41) is 3.27. The van der Waals surface area contributed by atoms with Crippen LogP contribution in [0.15, 0.2) is 0 Å². The van der Waals surface area contributed by atoms with Crippen molar-refractivity contribution in [2.24, 2.45) is 0 Å². The first-order chi connectivity index (χ1) is 4.79. The lowest BCUT2D eigenvalue weighted by atomic mass is 10.2. The number of hydrogen-bond donors (Lipinski definition) is 2. The average Bonchev–Trinajstić information content (AvgIpc) is 2.34. The van der Waals surface area contributed by atoms with Crippen molar-refractivity contribution in [2.45, 2.75) is 25.3 Å². The highest BCUT2D eigenvalue weighted by molar-refractivity contribution is 7.79. The number of nitrogens with one attached hydrogen (secondary N) is 1. The molecule has 0 aliphatic carbocycles. The van der Waals surface area contributed by atoms with Crippen LogP contribution in [-0.4, -0.2) is 27.1 Å². The van der Waals surface area contributed by atoms with Crippen LogP contribution in [0.2, 0.25) is 0 Å². The fourth-order valence-corrected chi connectivity index (χ4v) is 1.73. The largest absolute Gasteiger partial charge is 0.314 e. The SMILES string of the molecule is O=S(O)CCC1CCCN1. The van der Waals surface area contributed by atoms with Crippen LogP contribution in [0.3, 0.4) is 0 Å². The Morgan fingerprint density at radius 1 is 1.70 bits per heavy atom. The van der Waals surface area contributed by atoms with E-state index < -0.39 is 11.1 Å². The molecule has 0 spiro atoms. The molecule has 0 saturated carbocycles. The Hall–Kier alpha value is 0.0700. The van der Waals surface area contributed by atoms with Crippen molar-refractivity contribution < 1.29 is 8.76 Å². The average molecular weight is 163 g/mol. The zero-order valence-corrected chi connectivity index (χ0v) is 6.69. The summed E-state index contributed by atoms with van der Waals surface area (Å²) >= 11 is -1.60. The lowest BCUT2D eigenvalue weighted by Crippen LogP contribution is -2.23. The predicted molar refractivity (Wildman–Crippen MR) is 41.3 cm³/mol. The predicted octanol–water partition coefficient (Wildman–Crippen LogP) is 0.350. The molecule has 1 rings (SSSR count). The van der Waals surface area contributed by atoms with Crippen LogP contribution in [0.5, 0.6) is 0 Å². The van der Waals surface area contributed by atoms with Crippen LogP contribution in [0.25, 0.3) is 0 Å². The van der Waals surface area contributed by atoms with E-state index in [4.69, 9.17) is 4.55 Å². The third kappa shape index (κ3) is 2.77. The molecule has 0 aromatic carbocycles. The van der Waals surface area contributed by atoms with Gasteiger partial charge in [-0.3, -0.25) is 0 Å². The Kier molecular flexibility index (Phi) is 3.31. The Morgan fingerprint density at radius 3 is 3.00 bits per heavy atom. The molecule has 1 fully saturated rings. The summed E-state index contributed by atoms with van der Waals surface area (Å²) in [6.07, 6.45) is 3.21. The van der Waals surface area contributed by atoms with Crippen LogP contribution in [0.4, 0.5) is 0 Å². The minimum Gasteiger partial charge on any atom is -0.314 e. The topological polar surface area (TPSA) is 49.3 Å². The third-order valence-corrected chi connectivity index (χ3v) is 2.39. The lowest BCUT2D eigenvalue weighted by Gasteiger charge is -2.06. The summed E-state index contributed by atoms with van der Waals surface area (Å²) < 4.78 is 18.7. The van der Waals surface area contributed by atoms with Crippen molar-refractivity contribution >= 4 is 11.1 Å². The second kappa shape index (κ2) is 4.05. The summed E-state index contributed by atoms with van der Waals surface area (Å²) in [5.74, 6) is 0.414. The van der Waals surface area contributed by atoms with Gasteiger partial charge < -0.3 is 9.87 Å². The van der Waals surface area contributed by atoms with Crippen molar-refractivity contribution in [3.8, 4) is 0 Å². The van der Waals surface area contributed by atoms with Gasteiger partial charge in [0.1, 0.15) is 0 Å². The molecule has 1 aliphatic heterocycles. The Morgan fingerprint density at radius 2 is 2.50 bits per heavy atom. The molecule has 2 atom stereocenters. The van der Waals surface area contributed by atoms with Gasteiger partial charge in [0, 0.05) is 6.04 Å². The number of hydrogen-bond acceptors (Lipinski definition) is 2. The van der Waals surface area contributed by atoms with Crippen molar-refractivity contribution in [1.82, 2.24) is 5.32 Å². The molecule has 0 aromatic rings. The van der Waals surface area contributed by atoms with Gasteiger partial charge in [0.05, 0.1) is 5.75 Å². The van der Waals surface area contributed by atoms with E-state index in [1.165, 1.54) is 6.42 Å². The normalized spacial score (nSPS) is 28.7. The van der Waals surface area contributed by atoms with E-state index in [2.05, 4.69) is 5.32 Å². The van der Waals surface area contributed by atoms with Gasteiger partial charge in [-0.05, 0) is 25.8 Å². The summed E-state index contributed by atoms with van der Waals surface area (Å²) in [4.78, 5) is 0. The minimum absolute atomic E-state index is 0.414. The Balaban J connectivity index is 2.07. The maximum Gasteiger partial charge on any atom is 0.152 e. The maximum atomic E-state index is 10.2. The van der Waals surface area contributed by atoms with Crippen LogP contribution in [-0.2, 0) is 11.1 Å². The first-order valence-electron chi connectivity index (χ1n) is 3.60. The molecular formula is C6H13NO2S. The third-order valence-electron chi connectivity index (χ3n) is 1.80. The fraction of sp³-hybridized carbons (Fsp3) is 1.00. The molecular weight excluding hydrogens is 150 g/mol. The molecule has 0 amide bonds. The Bertz CT molecular complexity index is 123. The van der Waals surface area contributed by atoms with Gasteiger partial charge in [0.15, 0.2) is 11.1 Å². The first-order valence-corrected chi connectivity index (χ1v) is 4.87. The van der Waals surface area contributed by atoms with E-state index in [1.807, 2.05) is 0 Å². The summed E-state index contributed by atoms with van der Waals surface area (Å²) in [6, 6.07) is 0.496. The highest BCUT2D eigenvalue weighted by Crippen LogP contribution is 2.08. The molecule has 1 aliphatic rings. The molecule has 4 heteroatoms. The molecule has 10 heavy (non-hydrogen) atoms. The molecule has 1 heterocycles. The molecule has 1 saturated heterocycles. The van der Waals surface area contributed by atoms with Gasteiger partial charge in [0.25, 0.3) is 0 Å². The highest BCUT2D eigenvalue weighted by atomic mass is 32.2. The van der Waals surface area contributed by atoms with Crippen LogP contribution >= 0.6 is 0 Å². The smallest absolute Gasteiger partial charge is 0.152 e.